The Morgan fingerprint density at radius 2 is 1.47 bits per heavy atom. The number of halogens is 2. The Balaban J connectivity index is 1.00. The van der Waals surface area contributed by atoms with Gasteiger partial charge in [0.2, 0.25) is 16.8 Å². The monoisotopic (exact) mass is 1130 g/mol. The van der Waals surface area contributed by atoms with E-state index in [-0.39, 0.29) is 34.9 Å². The Labute approximate surface area is 475 Å². The van der Waals surface area contributed by atoms with E-state index in [1.165, 1.54) is 30.7 Å². The molecule has 7 aromatic rings. The fourth-order valence-electron chi connectivity index (χ4n) is 8.73. The smallest absolute Gasteiger partial charge is 0.343 e. The molecule has 0 amide bonds. The number of benzene rings is 6. The molecular weight excluding hydrogens is 1060 g/mol. The van der Waals surface area contributed by atoms with Gasteiger partial charge in [-0.2, -0.15) is 13.9 Å². The number of methoxy groups -OCH3 is 1. The molecular formula is C63H69F2N3O12S. The number of hydrogen-bond donors (Lipinski definition) is 0. The molecule has 2 heterocycles. The van der Waals surface area contributed by atoms with Gasteiger partial charge in [0.1, 0.15) is 36.1 Å². The molecule has 3 atom stereocenters. The van der Waals surface area contributed by atoms with Crippen molar-refractivity contribution in [3.63, 3.8) is 0 Å². The van der Waals surface area contributed by atoms with Crippen LogP contribution in [0.15, 0.2) is 121 Å². The maximum absolute atomic E-state index is 17.0. The third-order valence-electron chi connectivity index (χ3n) is 13.1. The maximum atomic E-state index is 17.0. The van der Waals surface area contributed by atoms with E-state index in [1.807, 2.05) is 94.4 Å². The summed E-state index contributed by atoms with van der Waals surface area (Å²) in [4.78, 5) is 29.7. The molecule has 1 fully saturated rings. The van der Waals surface area contributed by atoms with Gasteiger partial charge in [-0.1, -0.05) is 68.5 Å². The second kappa shape index (κ2) is 29.6. The van der Waals surface area contributed by atoms with Crippen molar-refractivity contribution < 1.29 is 65.7 Å². The minimum Gasteiger partial charge on any atom is -0.494 e. The molecule has 1 aliphatic rings. The molecule has 81 heavy (non-hydrogen) atoms. The Bertz CT molecular complexity index is 3260. The summed E-state index contributed by atoms with van der Waals surface area (Å²) in [5, 5.41) is 8.74. The molecule has 428 valence electrons. The summed E-state index contributed by atoms with van der Waals surface area (Å²) in [5.41, 5.74) is 2.47. The number of aromatic nitrogens is 1. The van der Waals surface area contributed by atoms with E-state index in [0.717, 1.165) is 64.7 Å². The zero-order valence-electron chi connectivity index (χ0n) is 46.4. The molecule has 15 nitrogen and oxygen atoms in total. The van der Waals surface area contributed by atoms with Gasteiger partial charge in [0, 0.05) is 30.7 Å². The Hall–Kier alpha value is -7.80. The molecule has 1 saturated heterocycles. The second-order valence-corrected chi connectivity index (χ2v) is 19.9. The number of epoxide rings is 1. The third kappa shape index (κ3) is 16.4. The minimum atomic E-state index is -1.25. The van der Waals surface area contributed by atoms with Crippen LogP contribution in [-0.2, 0) is 19.0 Å². The first-order valence-electron chi connectivity index (χ1n) is 27.5. The fourth-order valence-corrected chi connectivity index (χ4v) is 9.70. The van der Waals surface area contributed by atoms with E-state index >= 15 is 8.78 Å². The van der Waals surface area contributed by atoms with E-state index in [2.05, 4.69) is 6.58 Å². The summed E-state index contributed by atoms with van der Waals surface area (Å²) >= 11 is 1.43. The SMILES string of the molecule is C=CC(=O)OCCCCCCOc1ccc(C(CC)Oc2c(/C=N/N(CC)c3nc4cc(OCC)ccc4s3)cc(OC(CCC)c3ccc(OC(=O)c4ccc5cc(OCCCOC6CO6)ccc5c4)c(OC)c3)c(F)c2F)cc1. The Morgan fingerprint density at radius 1 is 0.753 bits per heavy atom. The third-order valence-corrected chi connectivity index (χ3v) is 14.1. The lowest BCUT2D eigenvalue weighted by atomic mass is 10.0. The Morgan fingerprint density at radius 3 is 2.21 bits per heavy atom. The average molecular weight is 1130 g/mol. The van der Waals surface area contributed by atoms with Gasteiger partial charge in [0.25, 0.3) is 0 Å². The van der Waals surface area contributed by atoms with Crippen molar-refractivity contribution >= 4 is 55.6 Å². The largest absolute Gasteiger partial charge is 0.494 e. The van der Waals surface area contributed by atoms with Gasteiger partial charge in [-0.3, -0.25) is 0 Å². The average Bonchev–Trinajstić information content (AvgIpc) is 4.37. The van der Waals surface area contributed by atoms with Crippen molar-refractivity contribution in [2.75, 3.05) is 58.3 Å². The number of ether oxygens (including phenoxy) is 10. The van der Waals surface area contributed by atoms with Crippen LogP contribution < -0.4 is 38.2 Å². The van der Waals surface area contributed by atoms with Gasteiger partial charge >= 0.3 is 11.9 Å². The van der Waals surface area contributed by atoms with Crippen LogP contribution in [0.25, 0.3) is 21.0 Å². The number of fused-ring (bicyclic) bond motifs is 2. The van der Waals surface area contributed by atoms with E-state index in [0.29, 0.717) is 99.0 Å². The highest BCUT2D eigenvalue weighted by Crippen LogP contribution is 2.40. The predicted octanol–water partition coefficient (Wildman–Crippen LogP) is 14.5. The van der Waals surface area contributed by atoms with E-state index in [1.54, 1.807) is 35.3 Å². The van der Waals surface area contributed by atoms with Gasteiger partial charge in [0.05, 0.1) is 62.1 Å². The first-order valence-corrected chi connectivity index (χ1v) is 28.3. The van der Waals surface area contributed by atoms with Crippen molar-refractivity contribution in [2.45, 2.75) is 97.6 Å². The lowest BCUT2D eigenvalue weighted by Gasteiger charge is -2.24. The lowest BCUT2D eigenvalue weighted by molar-refractivity contribution is -0.137. The topological polar surface area (TPSA) is 158 Å². The van der Waals surface area contributed by atoms with Gasteiger partial charge < -0.3 is 47.4 Å². The number of carbonyl (C=O) groups is 2. The van der Waals surface area contributed by atoms with Crippen molar-refractivity contribution in [1.29, 1.82) is 0 Å². The number of esters is 2. The van der Waals surface area contributed by atoms with Gasteiger partial charge in [-0.05, 0) is 141 Å². The molecule has 0 N–H and O–H groups in total. The zero-order chi connectivity index (χ0) is 57.1. The molecule has 8 rings (SSSR count). The number of hydrogen-bond acceptors (Lipinski definition) is 16. The van der Waals surface area contributed by atoms with E-state index in [4.69, 9.17) is 57.5 Å². The number of anilines is 1. The van der Waals surface area contributed by atoms with Crippen molar-refractivity contribution in [3.05, 3.63) is 150 Å². The van der Waals surface area contributed by atoms with Crippen LogP contribution in [-0.4, -0.2) is 82.7 Å². The minimum absolute atomic E-state index is 0.0834. The molecule has 0 bridgehead atoms. The molecule has 0 saturated carbocycles. The van der Waals surface area contributed by atoms with Crippen LogP contribution in [0.3, 0.4) is 0 Å². The van der Waals surface area contributed by atoms with Crippen LogP contribution in [0.2, 0.25) is 0 Å². The molecule has 1 aromatic heterocycles. The number of rotatable bonds is 33. The van der Waals surface area contributed by atoms with E-state index < -0.39 is 35.8 Å². The van der Waals surface area contributed by atoms with Crippen LogP contribution in [0.4, 0.5) is 13.9 Å². The van der Waals surface area contributed by atoms with Crippen molar-refractivity contribution in [1.82, 2.24) is 4.98 Å². The van der Waals surface area contributed by atoms with Crippen LogP contribution >= 0.6 is 11.3 Å². The fraction of sp³-hybridized carbons (Fsp3) is 0.365. The summed E-state index contributed by atoms with van der Waals surface area (Å²) in [6.07, 6.45) is 6.51. The normalized spacial score (nSPS) is 13.6. The van der Waals surface area contributed by atoms with Crippen LogP contribution in [0.5, 0.6) is 40.2 Å². The summed E-state index contributed by atoms with van der Waals surface area (Å²) < 4.78 is 92.3. The molecule has 3 unspecified atom stereocenters. The molecule has 0 radical (unpaired) electrons. The van der Waals surface area contributed by atoms with Crippen LogP contribution in [0.1, 0.15) is 118 Å². The second-order valence-electron chi connectivity index (χ2n) is 18.9. The first kappa shape index (κ1) is 59.3. The first-order chi connectivity index (χ1) is 39.5. The summed E-state index contributed by atoms with van der Waals surface area (Å²) in [5.74, 6) is -1.79. The number of unbranched alkanes of at least 4 members (excludes halogenated alkanes) is 3. The Kier molecular flexibility index (Phi) is 21.7. The standard InChI is InChI=1S/C63H69F2N3O12S/c1-7-17-52(44-23-28-53(54(36-44)71-6)80-62(70)45-19-18-43-35-48(26-22-42(43)34-45)74-32-16-33-76-58-40-77-58)78-55-37-46(39-66-68(10-4)63-67-50-38-49(72-11-5)27-29-56(50)81-63)61(60(65)59(55)64)79-51(8-2)41-20-24-47(25-21-41)73-30-14-12-13-15-31-75-57(69)9-3/h9,18-29,34-39,51-52,58H,3,7-8,10-17,30-33,40H2,1-2,4-6H3/b66-39+. The zero-order valence-corrected chi connectivity index (χ0v) is 47.2. The lowest BCUT2D eigenvalue weighted by Crippen LogP contribution is -2.16. The highest BCUT2D eigenvalue weighted by Gasteiger charge is 2.27. The quantitative estimate of drug-likeness (QED) is 0.00727. The number of nitrogens with zero attached hydrogens (tertiary/aromatic N) is 3. The summed E-state index contributed by atoms with van der Waals surface area (Å²) in [7, 11) is 1.45. The highest BCUT2D eigenvalue weighted by molar-refractivity contribution is 7.22. The molecule has 0 aliphatic carbocycles. The predicted molar refractivity (Wildman–Crippen MR) is 309 cm³/mol. The molecule has 6 aromatic carbocycles. The number of hydrazone groups is 1. The maximum Gasteiger partial charge on any atom is 0.343 e. The highest BCUT2D eigenvalue weighted by atomic mass is 32.1. The van der Waals surface area contributed by atoms with Crippen LogP contribution in [0, 0.1) is 11.6 Å². The number of thiazole rings is 1. The summed E-state index contributed by atoms with van der Waals surface area (Å²) in [6.45, 7) is 14.5. The van der Waals surface area contributed by atoms with Crippen molar-refractivity contribution in [2.24, 2.45) is 5.10 Å². The van der Waals surface area contributed by atoms with Gasteiger partial charge in [-0.25, -0.2) is 19.6 Å². The molecule has 1 aliphatic heterocycles. The van der Waals surface area contributed by atoms with Gasteiger partial charge in [-0.15, -0.1) is 0 Å². The number of carbonyl (C=O) groups excluding carboxylic acids is 2. The van der Waals surface area contributed by atoms with Gasteiger partial charge in [0.15, 0.2) is 29.3 Å². The molecule has 0 spiro atoms. The summed E-state index contributed by atoms with van der Waals surface area (Å²) in [6, 6.07) is 30.3. The van der Waals surface area contributed by atoms with E-state index in [9.17, 15) is 9.59 Å². The molecule has 18 heteroatoms. The van der Waals surface area contributed by atoms with Crippen molar-refractivity contribution in [3.8, 4) is 40.2 Å².